The van der Waals surface area contributed by atoms with Gasteiger partial charge >= 0.3 is 0 Å². The number of halogens is 1. The lowest BCUT2D eigenvalue weighted by molar-refractivity contribution is -0.0207. The number of nitrogens with one attached hydrogen (secondary N) is 1. The molecule has 17 heavy (non-hydrogen) atoms. The Morgan fingerprint density at radius 2 is 2.24 bits per heavy atom. The highest BCUT2D eigenvalue weighted by Crippen LogP contribution is 2.22. The summed E-state index contributed by atoms with van der Waals surface area (Å²) in [5.41, 5.74) is 2.72. The van der Waals surface area contributed by atoms with Crippen LogP contribution in [0.15, 0.2) is 22.7 Å². The maximum atomic E-state index is 5.90. The maximum Gasteiger partial charge on any atom is 0.0741 e. The van der Waals surface area contributed by atoms with Gasteiger partial charge in [0.2, 0.25) is 0 Å². The third-order valence-electron chi connectivity index (χ3n) is 3.14. The smallest absolute Gasteiger partial charge is 0.0741 e. The molecule has 1 aliphatic heterocycles. The minimum Gasteiger partial charge on any atom is -0.375 e. The average molecular weight is 298 g/mol. The Kier molecular flexibility index (Phi) is 3.91. The predicted octanol–water partition coefficient (Wildman–Crippen LogP) is 3.07. The molecule has 2 nitrogen and oxygen atoms in total. The second kappa shape index (κ2) is 5.09. The lowest BCUT2D eigenvalue weighted by Crippen LogP contribution is -2.53. The van der Waals surface area contributed by atoms with E-state index in [9.17, 15) is 0 Å². The van der Waals surface area contributed by atoms with Gasteiger partial charge in [-0.15, -0.1) is 0 Å². The highest BCUT2D eigenvalue weighted by Gasteiger charge is 2.26. The third-order valence-corrected chi connectivity index (χ3v) is 3.88. The Bertz CT molecular complexity index is 393. The Morgan fingerprint density at radius 1 is 1.47 bits per heavy atom. The van der Waals surface area contributed by atoms with Crippen LogP contribution in [0.3, 0.4) is 0 Å². The van der Waals surface area contributed by atoms with E-state index in [1.807, 2.05) is 0 Å². The summed E-state index contributed by atoms with van der Waals surface area (Å²) in [4.78, 5) is 0. The first-order valence-corrected chi connectivity index (χ1v) is 6.87. The molecular formula is C14H20BrNO. The van der Waals surface area contributed by atoms with Gasteiger partial charge in [-0.2, -0.15) is 0 Å². The van der Waals surface area contributed by atoms with Crippen molar-refractivity contribution in [3.05, 3.63) is 33.8 Å². The van der Waals surface area contributed by atoms with Crippen LogP contribution in [0.2, 0.25) is 0 Å². The normalized spacial score (nSPS) is 23.6. The summed E-state index contributed by atoms with van der Waals surface area (Å²) in [7, 11) is 0. The van der Waals surface area contributed by atoms with Crippen LogP contribution in [-0.4, -0.2) is 24.8 Å². The van der Waals surface area contributed by atoms with Gasteiger partial charge in [0.25, 0.3) is 0 Å². The van der Waals surface area contributed by atoms with E-state index in [-0.39, 0.29) is 11.6 Å². The van der Waals surface area contributed by atoms with Crippen LogP contribution in [0.1, 0.15) is 25.0 Å². The van der Waals surface area contributed by atoms with E-state index in [2.05, 4.69) is 60.2 Å². The quantitative estimate of drug-likeness (QED) is 0.906. The molecule has 0 aliphatic carbocycles. The molecule has 0 amide bonds. The van der Waals surface area contributed by atoms with Crippen molar-refractivity contribution in [2.75, 3.05) is 13.2 Å². The Hall–Kier alpha value is -0.380. The lowest BCUT2D eigenvalue weighted by atomic mass is 10.0. The third kappa shape index (κ3) is 3.54. The number of morpholine rings is 1. The highest BCUT2D eigenvalue weighted by molar-refractivity contribution is 9.10. The minimum atomic E-state index is 0.112. The summed E-state index contributed by atoms with van der Waals surface area (Å²) in [6.07, 6.45) is 1.24. The van der Waals surface area contributed by atoms with Crippen LogP contribution in [-0.2, 0) is 11.2 Å². The molecule has 0 spiro atoms. The summed E-state index contributed by atoms with van der Waals surface area (Å²) in [5, 5.41) is 3.52. The molecule has 1 aromatic carbocycles. The van der Waals surface area contributed by atoms with Crippen LogP contribution >= 0.6 is 15.9 Å². The fourth-order valence-electron chi connectivity index (χ4n) is 2.02. The van der Waals surface area contributed by atoms with Gasteiger partial charge in [-0.3, -0.25) is 0 Å². The van der Waals surface area contributed by atoms with Gasteiger partial charge in [0.15, 0.2) is 0 Å². The van der Waals surface area contributed by atoms with Gasteiger partial charge in [0.1, 0.15) is 0 Å². The zero-order valence-corrected chi connectivity index (χ0v) is 12.3. The Morgan fingerprint density at radius 3 is 2.82 bits per heavy atom. The second-order valence-electron chi connectivity index (χ2n) is 5.50. The van der Waals surface area contributed by atoms with Gasteiger partial charge in [0.05, 0.1) is 12.7 Å². The van der Waals surface area contributed by atoms with Crippen molar-refractivity contribution in [3.63, 3.8) is 0 Å². The molecule has 1 aliphatic rings. The number of hydrogen-bond donors (Lipinski definition) is 1. The summed E-state index contributed by atoms with van der Waals surface area (Å²) >= 11 is 3.62. The molecule has 2 rings (SSSR count). The van der Waals surface area contributed by atoms with Crippen molar-refractivity contribution >= 4 is 15.9 Å². The fourth-order valence-corrected chi connectivity index (χ4v) is 2.68. The van der Waals surface area contributed by atoms with E-state index in [1.165, 1.54) is 15.6 Å². The monoisotopic (exact) mass is 297 g/mol. The van der Waals surface area contributed by atoms with E-state index in [0.717, 1.165) is 19.6 Å². The SMILES string of the molecule is Cc1ccc(CC2CNC(C)(C)CO2)c(Br)c1. The number of benzene rings is 1. The van der Waals surface area contributed by atoms with E-state index in [1.54, 1.807) is 0 Å². The zero-order chi connectivity index (χ0) is 12.5. The molecule has 1 N–H and O–H groups in total. The van der Waals surface area contributed by atoms with Crippen LogP contribution in [0.5, 0.6) is 0 Å². The van der Waals surface area contributed by atoms with Gasteiger partial charge < -0.3 is 10.1 Å². The van der Waals surface area contributed by atoms with E-state index in [0.29, 0.717) is 0 Å². The highest BCUT2D eigenvalue weighted by atomic mass is 79.9. The number of aryl methyl sites for hydroxylation is 1. The molecule has 1 atom stereocenters. The van der Waals surface area contributed by atoms with Crippen LogP contribution in [0.25, 0.3) is 0 Å². The number of ether oxygens (including phenoxy) is 1. The zero-order valence-electron chi connectivity index (χ0n) is 10.7. The van der Waals surface area contributed by atoms with E-state index in [4.69, 9.17) is 4.74 Å². The average Bonchev–Trinajstić information content (AvgIpc) is 2.25. The molecule has 1 heterocycles. The minimum absolute atomic E-state index is 0.112. The van der Waals surface area contributed by atoms with Gasteiger partial charge in [-0.1, -0.05) is 28.1 Å². The molecule has 0 radical (unpaired) electrons. The summed E-state index contributed by atoms with van der Waals surface area (Å²) in [6, 6.07) is 6.50. The number of rotatable bonds is 2. The van der Waals surface area contributed by atoms with Gasteiger partial charge in [-0.25, -0.2) is 0 Å². The fraction of sp³-hybridized carbons (Fsp3) is 0.571. The molecular weight excluding hydrogens is 278 g/mol. The van der Waals surface area contributed by atoms with Gasteiger partial charge in [-0.05, 0) is 38.0 Å². The molecule has 1 unspecified atom stereocenters. The first-order valence-electron chi connectivity index (χ1n) is 6.08. The van der Waals surface area contributed by atoms with Crippen molar-refractivity contribution < 1.29 is 4.74 Å². The molecule has 3 heteroatoms. The largest absolute Gasteiger partial charge is 0.375 e. The second-order valence-corrected chi connectivity index (χ2v) is 6.35. The molecule has 1 fully saturated rings. The van der Waals surface area contributed by atoms with Crippen molar-refractivity contribution in [1.82, 2.24) is 5.32 Å². The van der Waals surface area contributed by atoms with Crippen LogP contribution < -0.4 is 5.32 Å². The first-order chi connectivity index (χ1) is 7.96. The summed E-state index contributed by atoms with van der Waals surface area (Å²) in [5.74, 6) is 0. The molecule has 1 aromatic rings. The van der Waals surface area contributed by atoms with Crippen LogP contribution in [0, 0.1) is 6.92 Å². The Balaban J connectivity index is 1.98. The predicted molar refractivity (Wildman–Crippen MR) is 74.4 cm³/mol. The molecule has 0 saturated carbocycles. The standard InChI is InChI=1S/C14H20BrNO/c1-10-4-5-11(13(15)6-10)7-12-8-16-14(2,3)9-17-12/h4-6,12,16H,7-9H2,1-3H3. The van der Waals surface area contributed by atoms with Crippen molar-refractivity contribution in [2.24, 2.45) is 0 Å². The van der Waals surface area contributed by atoms with Crippen molar-refractivity contribution in [3.8, 4) is 0 Å². The molecule has 0 aromatic heterocycles. The van der Waals surface area contributed by atoms with Crippen molar-refractivity contribution in [1.29, 1.82) is 0 Å². The lowest BCUT2D eigenvalue weighted by Gasteiger charge is -2.36. The maximum absolute atomic E-state index is 5.90. The molecule has 94 valence electrons. The summed E-state index contributed by atoms with van der Waals surface area (Å²) in [6.45, 7) is 8.15. The van der Waals surface area contributed by atoms with Gasteiger partial charge in [0, 0.05) is 23.0 Å². The van der Waals surface area contributed by atoms with Crippen LogP contribution in [0.4, 0.5) is 0 Å². The Labute approximate surface area is 112 Å². The van der Waals surface area contributed by atoms with Crippen molar-refractivity contribution in [2.45, 2.75) is 38.8 Å². The topological polar surface area (TPSA) is 21.3 Å². The first kappa shape index (κ1) is 13.1. The number of hydrogen-bond acceptors (Lipinski definition) is 2. The van der Waals surface area contributed by atoms with E-state index < -0.39 is 0 Å². The molecule has 0 bridgehead atoms. The van der Waals surface area contributed by atoms with E-state index >= 15 is 0 Å². The molecule has 1 saturated heterocycles. The summed E-state index contributed by atoms with van der Waals surface area (Å²) < 4.78 is 7.09.